The highest BCUT2D eigenvalue weighted by molar-refractivity contribution is 5.51. The van der Waals surface area contributed by atoms with Crippen molar-refractivity contribution >= 4 is 11.5 Å². The molecule has 1 N–H and O–H groups in total. The van der Waals surface area contributed by atoms with Crippen molar-refractivity contribution in [2.24, 2.45) is 0 Å². The lowest BCUT2D eigenvalue weighted by Gasteiger charge is -2.49. The van der Waals surface area contributed by atoms with Crippen LogP contribution in [0.25, 0.3) is 0 Å². The lowest BCUT2D eigenvalue weighted by molar-refractivity contribution is -0.143. The van der Waals surface area contributed by atoms with Gasteiger partial charge in [0.15, 0.2) is 0 Å². The van der Waals surface area contributed by atoms with Crippen LogP contribution in [0.4, 0.5) is 37.8 Å². The Morgan fingerprint density at radius 2 is 1.61 bits per heavy atom. The van der Waals surface area contributed by atoms with E-state index in [1.807, 2.05) is 55.5 Å². The monoisotopic (exact) mass is 537 g/mol. The Balaban J connectivity index is 1.55. The van der Waals surface area contributed by atoms with Gasteiger partial charge in [0, 0.05) is 24.5 Å². The van der Waals surface area contributed by atoms with Crippen LogP contribution in [0.3, 0.4) is 0 Å². The van der Waals surface area contributed by atoms with Gasteiger partial charge in [0.25, 0.3) is 0 Å². The summed E-state index contributed by atoms with van der Waals surface area (Å²) in [6, 6.07) is 16.9. The number of hydrogen-bond donors (Lipinski definition) is 1. The average Bonchev–Trinajstić information content (AvgIpc) is 2.88. The molecule has 0 bridgehead atoms. The molecule has 0 spiro atoms. The number of rotatable bonds is 7. The molecule has 0 saturated carbocycles. The van der Waals surface area contributed by atoms with E-state index in [1.54, 1.807) is 6.20 Å². The largest absolute Gasteiger partial charge is 0.416 e. The Hall–Kier alpha value is -3.27. The lowest BCUT2D eigenvalue weighted by Crippen LogP contribution is -2.58. The molecule has 0 amide bonds. The van der Waals surface area contributed by atoms with Gasteiger partial charge >= 0.3 is 12.4 Å². The van der Waals surface area contributed by atoms with Crippen LogP contribution < -0.4 is 10.2 Å². The third kappa shape index (κ3) is 6.59. The maximum Gasteiger partial charge on any atom is 0.416 e. The van der Waals surface area contributed by atoms with Crippen molar-refractivity contribution in [1.82, 2.24) is 4.98 Å². The highest BCUT2D eigenvalue weighted by atomic mass is 19.4. The molecular weight excluding hydrogens is 508 g/mol. The summed E-state index contributed by atoms with van der Waals surface area (Å²) in [6.07, 6.45) is -7.66. The van der Waals surface area contributed by atoms with E-state index in [4.69, 9.17) is 4.74 Å². The molecular formula is C28H29F6N3O. The molecule has 1 aromatic heterocycles. The van der Waals surface area contributed by atoms with Crippen molar-refractivity contribution in [1.29, 1.82) is 0 Å². The number of nitrogens with one attached hydrogen (secondary N) is 1. The highest BCUT2D eigenvalue weighted by Crippen LogP contribution is 2.39. The first-order chi connectivity index (χ1) is 17.8. The van der Waals surface area contributed by atoms with Crippen LogP contribution in [0, 0.1) is 0 Å². The Kier molecular flexibility index (Phi) is 7.92. The number of alkyl halides is 6. The second kappa shape index (κ2) is 10.8. The fraction of sp³-hybridized carbons (Fsp3) is 0.393. The predicted molar refractivity (Wildman–Crippen MR) is 134 cm³/mol. The summed E-state index contributed by atoms with van der Waals surface area (Å²) in [5, 5.41) is 3.44. The smallest absolute Gasteiger partial charge is 0.371 e. The lowest BCUT2D eigenvalue weighted by atomic mass is 9.86. The van der Waals surface area contributed by atoms with Crippen molar-refractivity contribution in [3.05, 3.63) is 89.6 Å². The molecule has 1 fully saturated rings. The maximum absolute atomic E-state index is 13.3. The van der Waals surface area contributed by atoms with Gasteiger partial charge in [-0.15, -0.1) is 0 Å². The summed E-state index contributed by atoms with van der Waals surface area (Å²) < 4.78 is 86.1. The van der Waals surface area contributed by atoms with E-state index in [2.05, 4.69) is 15.2 Å². The normalized spacial score (nSPS) is 21.3. The fourth-order valence-electron chi connectivity index (χ4n) is 4.72. The Morgan fingerprint density at radius 3 is 2.18 bits per heavy atom. The Morgan fingerprint density at radius 1 is 0.974 bits per heavy atom. The van der Waals surface area contributed by atoms with Gasteiger partial charge < -0.3 is 15.0 Å². The van der Waals surface area contributed by atoms with Crippen molar-refractivity contribution in [3.63, 3.8) is 0 Å². The molecule has 4 nitrogen and oxygen atoms in total. The molecule has 0 aliphatic carbocycles. The molecule has 3 aromatic rings. The molecule has 10 heteroatoms. The second-order valence-corrected chi connectivity index (χ2v) is 9.83. The minimum Gasteiger partial charge on any atom is -0.371 e. The summed E-state index contributed by atoms with van der Waals surface area (Å²) in [5.74, 6) is 0.754. The molecule has 1 aliphatic rings. The number of aromatic nitrogens is 1. The first-order valence-corrected chi connectivity index (χ1v) is 12.3. The van der Waals surface area contributed by atoms with Crippen molar-refractivity contribution in [2.45, 2.75) is 56.7 Å². The summed E-state index contributed by atoms with van der Waals surface area (Å²) in [6.45, 7) is 4.19. The number of hydrogen-bond acceptors (Lipinski definition) is 4. The van der Waals surface area contributed by atoms with Crippen LogP contribution in [0.5, 0.6) is 0 Å². The summed E-state index contributed by atoms with van der Waals surface area (Å²) in [7, 11) is 0. The minimum atomic E-state index is -4.91. The van der Waals surface area contributed by atoms with Gasteiger partial charge in [0.05, 0.1) is 29.4 Å². The van der Waals surface area contributed by atoms with Crippen LogP contribution in [0.2, 0.25) is 0 Å². The average molecular weight is 538 g/mol. The number of pyridine rings is 1. The van der Waals surface area contributed by atoms with E-state index in [0.717, 1.165) is 30.1 Å². The van der Waals surface area contributed by atoms with Crippen LogP contribution in [-0.2, 0) is 17.1 Å². The number of piperidine rings is 1. The van der Waals surface area contributed by atoms with Crippen molar-refractivity contribution in [2.75, 3.05) is 23.4 Å². The number of nitrogens with zero attached hydrogens (tertiary/aromatic N) is 2. The van der Waals surface area contributed by atoms with Gasteiger partial charge in [0.1, 0.15) is 5.82 Å². The Labute approximate surface area is 217 Å². The minimum absolute atomic E-state index is 0.0772. The van der Waals surface area contributed by atoms with Crippen LogP contribution in [0.15, 0.2) is 72.9 Å². The van der Waals surface area contributed by atoms with E-state index in [-0.39, 0.29) is 24.3 Å². The molecule has 1 saturated heterocycles. The van der Waals surface area contributed by atoms with Gasteiger partial charge in [0.2, 0.25) is 0 Å². The molecule has 2 aromatic carbocycles. The first kappa shape index (κ1) is 27.8. The second-order valence-electron chi connectivity index (χ2n) is 9.83. The maximum atomic E-state index is 13.3. The zero-order valence-corrected chi connectivity index (χ0v) is 21.0. The van der Waals surface area contributed by atoms with Crippen molar-refractivity contribution in [3.8, 4) is 0 Å². The number of anilines is 2. The molecule has 3 atom stereocenters. The van der Waals surface area contributed by atoms with E-state index in [0.29, 0.717) is 13.0 Å². The molecule has 38 heavy (non-hydrogen) atoms. The van der Waals surface area contributed by atoms with Crippen molar-refractivity contribution < 1.29 is 31.1 Å². The Bertz CT molecular complexity index is 1170. The van der Waals surface area contributed by atoms with Gasteiger partial charge in [-0.2, -0.15) is 26.3 Å². The third-order valence-corrected chi connectivity index (χ3v) is 6.89. The van der Waals surface area contributed by atoms with Crippen LogP contribution in [-0.4, -0.2) is 29.7 Å². The SMILES string of the molecule is CC(OC[C@@]1(C)CCC(Nc2ccccn2)CN1c1ccccc1)c1cc(C(F)(F)F)cc(C(F)(F)F)c1. The number of ether oxygens (including phenoxy) is 1. The molecule has 0 radical (unpaired) electrons. The van der Waals surface area contributed by atoms with Gasteiger partial charge in [-0.3, -0.25) is 0 Å². The molecule has 2 unspecified atom stereocenters. The molecule has 4 rings (SSSR count). The third-order valence-electron chi connectivity index (χ3n) is 6.89. The fourth-order valence-corrected chi connectivity index (χ4v) is 4.72. The number of benzene rings is 2. The number of para-hydroxylation sites is 1. The van der Waals surface area contributed by atoms with Gasteiger partial charge in [-0.25, -0.2) is 4.98 Å². The quantitative estimate of drug-likeness (QED) is 0.313. The highest BCUT2D eigenvalue weighted by Gasteiger charge is 2.40. The topological polar surface area (TPSA) is 37.4 Å². The molecule has 1 aliphatic heterocycles. The van der Waals surface area contributed by atoms with E-state index in [9.17, 15) is 26.3 Å². The first-order valence-electron chi connectivity index (χ1n) is 12.3. The van der Waals surface area contributed by atoms with Gasteiger partial charge in [-0.05, 0) is 74.7 Å². The summed E-state index contributed by atoms with van der Waals surface area (Å²) in [4.78, 5) is 6.51. The molecule has 204 valence electrons. The zero-order chi connectivity index (χ0) is 27.6. The van der Waals surface area contributed by atoms with Gasteiger partial charge in [-0.1, -0.05) is 24.3 Å². The predicted octanol–water partition coefficient (Wildman–Crippen LogP) is 7.74. The van der Waals surface area contributed by atoms with Crippen LogP contribution in [0.1, 0.15) is 49.5 Å². The van der Waals surface area contributed by atoms with E-state index in [1.165, 1.54) is 6.92 Å². The van der Waals surface area contributed by atoms with E-state index >= 15 is 0 Å². The van der Waals surface area contributed by atoms with Crippen LogP contribution >= 0.6 is 0 Å². The molecule has 2 heterocycles. The number of halogens is 6. The standard InChI is InChI=1S/C28H29F6N3O/c1-19(20-14-21(27(29,30)31)16-22(15-20)28(32,33)34)38-18-26(2)12-11-23(36-25-10-6-7-13-35-25)17-37(26)24-8-4-3-5-9-24/h3-10,13-16,19,23H,11-12,17-18H2,1-2H3,(H,35,36)/t19?,23?,26-/m1/s1. The van der Waals surface area contributed by atoms with E-state index < -0.39 is 35.1 Å². The summed E-state index contributed by atoms with van der Waals surface area (Å²) in [5.41, 5.74) is -2.48. The zero-order valence-electron chi connectivity index (χ0n) is 21.0. The summed E-state index contributed by atoms with van der Waals surface area (Å²) >= 11 is 0.